The van der Waals surface area contributed by atoms with Gasteiger partial charge in [-0.05, 0) is 99.4 Å². The molecule has 0 radical (unpaired) electrons. The largest absolute Gasteiger partial charge is 0.310 e. The van der Waals surface area contributed by atoms with Gasteiger partial charge in [0, 0.05) is 59.1 Å². The van der Waals surface area contributed by atoms with Crippen LogP contribution in [0.15, 0.2) is 231 Å². The number of fused-ring (bicyclic) bond motifs is 8. The maximum Gasteiger partial charge on any atom is 0.0619 e. The van der Waals surface area contributed by atoms with Crippen LogP contribution in [0.1, 0.15) is 0 Å². The van der Waals surface area contributed by atoms with E-state index in [2.05, 4.69) is 240 Å². The monoisotopic (exact) mass is 794 g/mol. The van der Waals surface area contributed by atoms with Crippen LogP contribution in [0.25, 0.3) is 91.8 Å². The van der Waals surface area contributed by atoms with Gasteiger partial charge >= 0.3 is 0 Å². The molecule has 0 fully saturated rings. The molecule has 2 aromatic heterocycles. The Morgan fingerprint density at radius 3 is 1.66 bits per heavy atom. The van der Waals surface area contributed by atoms with Crippen LogP contribution < -0.4 is 4.90 Å². The number of nitrogens with zero attached hydrogens (tertiary/aromatic N) is 2. The second kappa shape index (κ2) is 14.5. The lowest BCUT2D eigenvalue weighted by atomic mass is 9.99. The Kier molecular flexibility index (Phi) is 8.39. The van der Waals surface area contributed by atoms with Crippen LogP contribution in [0, 0.1) is 0 Å². The first-order valence-electron chi connectivity index (χ1n) is 20.8. The lowest BCUT2D eigenvalue weighted by Gasteiger charge is -2.26. The summed E-state index contributed by atoms with van der Waals surface area (Å²) in [6, 6.07) is 84.0. The highest BCUT2D eigenvalue weighted by atomic mass is 32.1. The zero-order valence-electron chi connectivity index (χ0n) is 33.2. The summed E-state index contributed by atoms with van der Waals surface area (Å²) in [7, 11) is 0. The highest BCUT2D eigenvalue weighted by molar-refractivity contribution is 7.26. The van der Waals surface area contributed by atoms with Crippen LogP contribution >= 0.6 is 11.3 Å². The van der Waals surface area contributed by atoms with Gasteiger partial charge in [0.2, 0.25) is 0 Å². The van der Waals surface area contributed by atoms with Crippen LogP contribution in [-0.2, 0) is 0 Å². The smallest absolute Gasteiger partial charge is 0.0619 e. The summed E-state index contributed by atoms with van der Waals surface area (Å²) in [6.07, 6.45) is 0. The van der Waals surface area contributed by atoms with Crippen molar-refractivity contribution < 1.29 is 0 Å². The number of anilines is 3. The molecule has 61 heavy (non-hydrogen) atoms. The highest BCUT2D eigenvalue weighted by Gasteiger charge is 2.19. The van der Waals surface area contributed by atoms with E-state index in [-0.39, 0.29) is 0 Å². The van der Waals surface area contributed by atoms with Crippen molar-refractivity contribution in [2.75, 3.05) is 4.90 Å². The molecule has 0 aliphatic heterocycles. The van der Waals surface area contributed by atoms with Crippen molar-refractivity contribution in [1.82, 2.24) is 4.57 Å². The van der Waals surface area contributed by atoms with Gasteiger partial charge < -0.3 is 9.47 Å². The zero-order chi connectivity index (χ0) is 40.3. The first-order chi connectivity index (χ1) is 30.2. The number of aromatic nitrogens is 1. The molecule has 10 aromatic carbocycles. The molecule has 286 valence electrons. The van der Waals surface area contributed by atoms with E-state index < -0.39 is 0 Å². The van der Waals surface area contributed by atoms with Gasteiger partial charge in [-0.2, -0.15) is 0 Å². The van der Waals surface area contributed by atoms with E-state index in [1.54, 1.807) is 0 Å². The fourth-order valence-electron chi connectivity index (χ4n) is 9.30. The number of hydrogen-bond donors (Lipinski definition) is 0. The maximum absolute atomic E-state index is 2.44. The van der Waals surface area contributed by atoms with E-state index in [1.807, 2.05) is 11.3 Å². The van der Waals surface area contributed by atoms with Crippen molar-refractivity contribution in [3.05, 3.63) is 231 Å². The van der Waals surface area contributed by atoms with Crippen LogP contribution in [-0.4, -0.2) is 4.57 Å². The summed E-state index contributed by atoms with van der Waals surface area (Å²) in [6.45, 7) is 0. The number of thiophene rings is 1. The lowest BCUT2D eigenvalue weighted by molar-refractivity contribution is 1.19. The third-order valence-corrected chi connectivity index (χ3v) is 13.3. The summed E-state index contributed by atoms with van der Waals surface area (Å²) in [5, 5.41) is 7.62. The number of rotatable bonds is 7. The molecule has 0 bridgehead atoms. The molecule has 0 spiro atoms. The van der Waals surface area contributed by atoms with Crippen molar-refractivity contribution in [1.29, 1.82) is 0 Å². The van der Waals surface area contributed by atoms with Gasteiger partial charge in [0.05, 0.1) is 11.0 Å². The SMILES string of the molecule is c1ccc(-c2ccc(N(c3ccc(-c4ccc5c6ccc7ccccc7c6n(-c6ccccc6)c5c4)cc3)c3ccc4c(c3)sc3cccc(-c5ccccc5)c34)cc2)cc1. The molecule has 0 N–H and O–H groups in total. The second-order valence-electron chi connectivity index (χ2n) is 15.7. The average Bonchev–Trinajstić information content (AvgIpc) is 3.88. The quantitative estimate of drug-likeness (QED) is 0.156. The summed E-state index contributed by atoms with van der Waals surface area (Å²) >= 11 is 1.87. The van der Waals surface area contributed by atoms with Gasteiger partial charge in [-0.1, -0.05) is 170 Å². The Labute approximate surface area is 358 Å². The molecular weight excluding hydrogens is 757 g/mol. The molecule has 0 saturated heterocycles. The van der Waals surface area contributed by atoms with Crippen LogP contribution in [0.4, 0.5) is 17.1 Å². The number of hydrogen-bond acceptors (Lipinski definition) is 2. The van der Waals surface area contributed by atoms with E-state index >= 15 is 0 Å². The molecule has 0 aliphatic rings. The first-order valence-corrected chi connectivity index (χ1v) is 21.6. The van der Waals surface area contributed by atoms with Gasteiger partial charge in [0.25, 0.3) is 0 Å². The van der Waals surface area contributed by atoms with E-state index in [0.29, 0.717) is 0 Å². The van der Waals surface area contributed by atoms with Crippen molar-refractivity contribution in [2.24, 2.45) is 0 Å². The van der Waals surface area contributed by atoms with Gasteiger partial charge in [0.15, 0.2) is 0 Å². The maximum atomic E-state index is 2.44. The minimum atomic E-state index is 1.10. The predicted octanol–water partition coefficient (Wildman–Crippen LogP) is 16.8. The summed E-state index contributed by atoms with van der Waals surface area (Å²) in [5.74, 6) is 0. The van der Waals surface area contributed by atoms with Gasteiger partial charge in [0.1, 0.15) is 0 Å². The van der Waals surface area contributed by atoms with Crippen LogP contribution in [0.5, 0.6) is 0 Å². The minimum Gasteiger partial charge on any atom is -0.310 e. The normalized spacial score (nSPS) is 11.6. The fraction of sp³-hybridized carbons (Fsp3) is 0. The first kappa shape index (κ1) is 35.2. The topological polar surface area (TPSA) is 8.17 Å². The van der Waals surface area contributed by atoms with Crippen molar-refractivity contribution in [3.63, 3.8) is 0 Å². The molecular formula is C58H38N2S. The zero-order valence-corrected chi connectivity index (χ0v) is 34.1. The van der Waals surface area contributed by atoms with Gasteiger partial charge in [-0.15, -0.1) is 11.3 Å². The van der Waals surface area contributed by atoms with Crippen molar-refractivity contribution in [2.45, 2.75) is 0 Å². The minimum absolute atomic E-state index is 1.10. The summed E-state index contributed by atoms with van der Waals surface area (Å²) in [5.41, 5.74) is 14.2. The Morgan fingerprint density at radius 1 is 0.344 bits per heavy atom. The number of para-hydroxylation sites is 1. The second-order valence-corrected chi connectivity index (χ2v) is 16.8. The van der Waals surface area contributed by atoms with E-state index in [4.69, 9.17) is 0 Å². The Morgan fingerprint density at radius 2 is 0.918 bits per heavy atom. The van der Waals surface area contributed by atoms with E-state index in [0.717, 1.165) is 22.7 Å². The molecule has 0 aliphatic carbocycles. The molecule has 0 atom stereocenters. The van der Waals surface area contributed by atoms with E-state index in [1.165, 1.54) is 86.1 Å². The molecule has 3 heteroatoms. The summed E-state index contributed by atoms with van der Waals surface area (Å²) < 4.78 is 5.01. The van der Waals surface area contributed by atoms with Crippen molar-refractivity contribution in [3.8, 4) is 39.1 Å². The molecule has 12 rings (SSSR count). The molecule has 2 nitrogen and oxygen atoms in total. The third-order valence-electron chi connectivity index (χ3n) is 12.2. The Balaban J connectivity index is 0.983. The molecule has 0 unspecified atom stereocenters. The molecule has 12 aromatic rings. The number of benzene rings is 10. The van der Waals surface area contributed by atoms with Crippen LogP contribution in [0.3, 0.4) is 0 Å². The molecule has 0 saturated carbocycles. The molecule has 2 heterocycles. The van der Waals surface area contributed by atoms with E-state index in [9.17, 15) is 0 Å². The summed E-state index contributed by atoms with van der Waals surface area (Å²) in [4.78, 5) is 2.39. The standard InChI is InChI=1S/C58H38N2S/c1-4-13-39(14-5-1)40-23-29-46(30-24-40)59(48-33-36-53-56(38-48)61-55-22-12-21-49(57(53)55)42-15-6-2-7-16-42)47-31-25-41(26-32-47)44-28-34-51-52-35-27-43-17-10-11-20-50(43)58(52)60(54(51)37-44)45-18-8-3-9-19-45/h1-38H. The van der Waals surface area contributed by atoms with Crippen molar-refractivity contribution >= 4 is 81.1 Å². The average molecular weight is 795 g/mol. The predicted molar refractivity (Wildman–Crippen MR) is 262 cm³/mol. The fourth-order valence-corrected chi connectivity index (χ4v) is 10.5. The van der Waals surface area contributed by atoms with Crippen LogP contribution in [0.2, 0.25) is 0 Å². The highest BCUT2D eigenvalue weighted by Crippen LogP contribution is 2.45. The Bertz CT molecular complexity index is 3550. The van der Waals surface area contributed by atoms with Gasteiger partial charge in [-0.25, -0.2) is 0 Å². The molecule has 0 amide bonds. The third kappa shape index (κ3) is 6.01. The van der Waals surface area contributed by atoms with Gasteiger partial charge in [-0.3, -0.25) is 0 Å². The lowest BCUT2D eigenvalue weighted by Crippen LogP contribution is -2.09. The Hall–Kier alpha value is -7.72.